The standard InChI is InChI=1S/C15H21N3O2/c1-9-12(11(3)18(4)17-9)8-16-10(2)15-13(19)6-5-7-14(15)20/h5-7,10,16,19-20H,8H2,1-4H3. The number of hydrogen-bond donors (Lipinski definition) is 3. The van der Waals surface area contributed by atoms with Gasteiger partial charge in [-0.1, -0.05) is 6.07 Å². The van der Waals surface area contributed by atoms with Gasteiger partial charge in [0, 0.05) is 30.9 Å². The molecule has 0 saturated carbocycles. The summed E-state index contributed by atoms with van der Waals surface area (Å²) in [5, 5.41) is 27.4. The van der Waals surface area contributed by atoms with E-state index in [9.17, 15) is 10.2 Å². The summed E-state index contributed by atoms with van der Waals surface area (Å²) in [4.78, 5) is 0. The van der Waals surface area contributed by atoms with Crippen molar-refractivity contribution in [1.82, 2.24) is 15.1 Å². The lowest BCUT2D eigenvalue weighted by atomic mass is 10.1. The highest BCUT2D eigenvalue weighted by molar-refractivity contribution is 5.45. The minimum atomic E-state index is -0.157. The van der Waals surface area contributed by atoms with E-state index in [-0.39, 0.29) is 17.5 Å². The van der Waals surface area contributed by atoms with Gasteiger partial charge in [-0.25, -0.2) is 0 Å². The SMILES string of the molecule is Cc1nn(C)c(C)c1CNC(C)c1c(O)cccc1O. The number of phenols is 2. The highest BCUT2D eigenvalue weighted by atomic mass is 16.3. The van der Waals surface area contributed by atoms with E-state index in [0.717, 1.165) is 17.0 Å². The lowest BCUT2D eigenvalue weighted by molar-refractivity contribution is 0.418. The molecule has 1 unspecified atom stereocenters. The topological polar surface area (TPSA) is 70.3 Å². The summed E-state index contributed by atoms with van der Waals surface area (Å²) in [6, 6.07) is 4.62. The van der Waals surface area contributed by atoms with E-state index < -0.39 is 0 Å². The molecule has 1 aromatic heterocycles. The Hall–Kier alpha value is -2.01. The van der Waals surface area contributed by atoms with Crippen molar-refractivity contribution >= 4 is 0 Å². The third-order valence-electron chi connectivity index (χ3n) is 3.74. The number of phenolic OH excluding ortho intramolecular Hbond substituents is 2. The van der Waals surface area contributed by atoms with Crippen molar-refractivity contribution in [2.75, 3.05) is 0 Å². The molecular weight excluding hydrogens is 254 g/mol. The normalized spacial score (nSPS) is 12.6. The van der Waals surface area contributed by atoms with Crippen molar-refractivity contribution in [3.63, 3.8) is 0 Å². The van der Waals surface area contributed by atoms with Crippen LogP contribution in [0.3, 0.4) is 0 Å². The van der Waals surface area contributed by atoms with Crippen LogP contribution in [-0.2, 0) is 13.6 Å². The molecule has 0 radical (unpaired) electrons. The Balaban J connectivity index is 2.15. The third-order valence-corrected chi connectivity index (χ3v) is 3.74. The van der Waals surface area contributed by atoms with Crippen LogP contribution in [0.1, 0.15) is 35.5 Å². The Labute approximate surface area is 118 Å². The molecule has 108 valence electrons. The number of rotatable bonds is 4. The first kappa shape index (κ1) is 14.4. The molecule has 2 rings (SSSR count). The van der Waals surface area contributed by atoms with Crippen LogP contribution in [0.15, 0.2) is 18.2 Å². The lowest BCUT2D eigenvalue weighted by Crippen LogP contribution is -2.19. The number of hydrogen-bond acceptors (Lipinski definition) is 4. The second-order valence-corrected chi connectivity index (χ2v) is 5.09. The van der Waals surface area contributed by atoms with Crippen molar-refractivity contribution in [3.05, 3.63) is 40.7 Å². The Morgan fingerprint density at radius 2 is 1.85 bits per heavy atom. The Morgan fingerprint density at radius 1 is 1.25 bits per heavy atom. The zero-order chi connectivity index (χ0) is 14.9. The van der Waals surface area contributed by atoms with Crippen LogP contribution in [0.5, 0.6) is 11.5 Å². The first-order valence-corrected chi connectivity index (χ1v) is 6.65. The third kappa shape index (κ3) is 2.63. The van der Waals surface area contributed by atoms with E-state index in [0.29, 0.717) is 12.1 Å². The fourth-order valence-corrected chi connectivity index (χ4v) is 2.42. The fraction of sp³-hybridized carbons (Fsp3) is 0.400. The van der Waals surface area contributed by atoms with Crippen LogP contribution < -0.4 is 5.32 Å². The maximum atomic E-state index is 9.86. The van der Waals surface area contributed by atoms with E-state index >= 15 is 0 Å². The number of nitrogens with one attached hydrogen (secondary N) is 1. The molecule has 1 heterocycles. The average molecular weight is 275 g/mol. The number of nitrogens with zero attached hydrogens (tertiary/aromatic N) is 2. The van der Waals surface area contributed by atoms with Gasteiger partial charge in [0.2, 0.25) is 0 Å². The van der Waals surface area contributed by atoms with Crippen molar-refractivity contribution in [2.45, 2.75) is 33.4 Å². The number of aryl methyl sites for hydroxylation is 2. The molecule has 5 nitrogen and oxygen atoms in total. The quantitative estimate of drug-likeness (QED) is 0.800. The summed E-state index contributed by atoms with van der Waals surface area (Å²) in [5.41, 5.74) is 3.77. The summed E-state index contributed by atoms with van der Waals surface area (Å²) in [5.74, 6) is 0.203. The first-order chi connectivity index (χ1) is 9.41. The second-order valence-electron chi connectivity index (χ2n) is 5.09. The lowest BCUT2D eigenvalue weighted by Gasteiger charge is -2.17. The maximum absolute atomic E-state index is 9.86. The van der Waals surface area contributed by atoms with E-state index in [2.05, 4.69) is 10.4 Å². The van der Waals surface area contributed by atoms with Gasteiger partial charge in [0.05, 0.1) is 11.3 Å². The van der Waals surface area contributed by atoms with Gasteiger partial charge in [-0.3, -0.25) is 4.68 Å². The molecule has 0 aliphatic rings. The molecule has 0 amide bonds. The minimum absolute atomic E-state index is 0.102. The molecule has 0 spiro atoms. The molecule has 5 heteroatoms. The summed E-state index contributed by atoms with van der Waals surface area (Å²) in [7, 11) is 1.92. The van der Waals surface area contributed by atoms with Gasteiger partial charge in [0.15, 0.2) is 0 Å². The molecule has 0 bridgehead atoms. The monoisotopic (exact) mass is 275 g/mol. The highest BCUT2D eigenvalue weighted by Gasteiger charge is 2.16. The molecular formula is C15H21N3O2. The van der Waals surface area contributed by atoms with Crippen molar-refractivity contribution in [3.8, 4) is 11.5 Å². The van der Waals surface area contributed by atoms with Crippen LogP contribution in [0.4, 0.5) is 0 Å². The van der Waals surface area contributed by atoms with Crippen molar-refractivity contribution in [2.24, 2.45) is 7.05 Å². The molecule has 20 heavy (non-hydrogen) atoms. The molecule has 0 aliphatic heterocycles. The Bertz CT molecular complexity index is 600. The fourth-order valence-electron chi connectivity index (χ4n) is 2.42. The van der Waals surface area contributed by atoms with Crippen LogP contribution in [0.2, 0.25) is 0 Å². The van der Waals surface area contributed by atoms with Crippen LogP contribution in [-0.4, -0.2) is 20.0 Å². The van der Waals surface area contributed by atoms with E-state index in [1.165, 1.54) is 0 Å². The van der Waals surface area contributed by atoms with Gasteiger partial charge in [-0.05, 0) is 32.9 Å². The first-order valence-electron chi connectivity index (χ1n) is 6.65. The Kier molecular flexibility index (Phi) is 3.99. The Morgan fingerprint density at radius 3 is 2.35 bits per heavy atom. The van der Waals surface area contributed by atoms with E-state index in [1.54, 1.807) is 18.2 Å². The number of aromatic hydroxyl groups is 2. The summed E-state index contributed by atoms with van der Waals surface area (Å²) in [6.45, 7) is 6.56. The van der Waals surface area contributed by atoms with Gasteiger partial charge in [0.1, 0.15) is 11.5 Å². The second kappa shape index (κ2) is 5.54. The molecule has 0 fully saturated rings. The highest BCUT2D eigenvalue weighted by Crippen LogP contribution is 2.32. The van der Waals surface area contributed by atoms with Gasteiger partial charge in [-0.15, -0.1) is 0 Å². The molecule has 2 aromatic rings. The van der Waals surface area contributed by atoms with Gasteiger partial charge in [0.25, 0.3) is 0 Å². The average Bonchev–Trinajstić information content (AvgIpc) is 2.61. The molecule has 3 N–H and O–H groups in total. The van der Waals surface area contributed by atoms with E-state index in [1.807, 2.05) is 32.5 Å². The minimum Gasteiger partial charge on any atom is -0.507 e. The van der Waals surface area contributed by atoms with E-state index in [4.69, 9.17) is 0 Å². The number of aromatic nitrogens is 2. The predicted octanol–water partition coefficient (Wildman–Crippen LogP) is 2.30. The van der Waals surface area contributed by atoms with Gasteiger partial charge >= 0.3 is 0 Å². The predicted molar refractivity (Wildman–Crippen MR) is 77.7 cm³/mol. The largest absolute Gasteiger partial charge is 0.507 e. The van der Waals surface area contributed by atoms with Gasteiger partial charge < -0.3 is 15.5 Å². The zero-order valence-electron chi connectivity index (χ0n) is 12.3. The van der Waals surface area contributed by atoms with Crippen molar-refractivity contribution < 1.29 is 10.2 Å². The maximum Gasteiger partial charge on any atom is 0.124 e. The molecule has 0 aliphatic carbocycles. The smallest absolute Gasteiger partial charge is 0.124 e. The van der Waals surface area contributed by atoms with Gasteiger partial charge in [-0.2, -0.15) is 5.10 Å². The number of benzene rings is 1. The van der Waals surface area contributed by atoms with Crippen LogP contribution in [0.25, 0.3) is 0 Å². The van der Waals surface area contributed by atoms with Crippen LogP contribution >= 0.6 is 0 Å². The summed E-state index contributed by atoms with van der Waals surface area (Å²) < 4.78 is 1.86. The molecule has 1 atom stereocenters. The summed E-state index contributed by atoms with van der Waals surface area (Å²) >= 11 is 0. The van der Waals surface area contributed by atoms with Crippen LogP contribution in [0, 0.1) is 13.8 Å². The molecule has 1 aromatic carbocycles. The zero-order valence-corrected chi connectivity index (χ0v) is 12.3. The van der Waals surface area contributed by atoms with Crippen molar-refractivity contribution in [1.29, 1.82) is 0 Å². The summed E-state index contributed by atoms with van der Waals surface area (Å²) in [6.07, 6.45) is 0. The molecule has 0 saturated heterocycles.